The van der Waals surface area contributed by atoms with Gasteiger partial charge >= 0.3 is 0 Å². The van der Waals surface area contributed by atoms with Crippen LogP contribution in [0.3, 0.4) is 0 Å². The van der Waals surface area contributed by atoms with Crippen LogP contribution in [0.15, 0.2) is 42.5 Å². The molecule has 0 bridgehead atoms. The van der Waals surface area contributed by atoms with E-state index >= 15 is 0 Å². The Balaban J connectivity index is 1.86. The zero-order chi connectivity index (χ0) is 18.4. The number of anilines is 1. The third-order valence-electron chi connectivity index (χ3n) is 2.88. The van der Waals surface area contributed by atoms with E-state index in [-0.39, 0.29) is 28.8 Å². The maximum Gasteiger partial charge on any atom is 0.273 e. The van der Waals surface area contributed by atoms with Crippen molar-refractivity contribution in [2.75, 3.05) is 11.9 Å². The Bertz CT molecular complexity index is 813. The highest BCUT2D eigenvalue weighted by molar-refractivity contribution is 7.80. The van der Waals surface area contributed by atoms with E-state index in [0.29, 0.717) is 10.8 Å². The molecule has 0 aliphatic carbocycles. The van der Waals surface area contributed by atoms with Gasteiger partial charge in [-0.3, -0.25) is 20.2 Å². The molecule has 10 heteroatoms. The van der Waals surface area contributed by atoms with Crippen molar-refractivity contribution in [1.82, 2.24) is 5.32 Å². The van der Waals surface area contributed by atoms with Crippen molar-refractivity contribution in [2.45, 2.75) is 0 Å². The van der Waals surface area contributed by atoms with E-state index in [0.717, 1.165) is 6.07 Å². The highest BCUT2D eigenvalue weighted by Crippen LogP contribution is 2.27. The van der Waals surface area contributed by atoms with Crippen molar-refractivity contribution in [3.8, 4) is 11.5 Å². The van der Waals surface area contributed by atoms with Gasteiger partial charge in [0.1, 0.15) is 11.5 Å². The van der Waals surface area contributed by atoms with Gasteiger partial charge in [0.15, 0.2) is 11.7 Å². The van der Waals surface area contributed by atoms with Crippen LogP contribution in [0.25, 0.3) is 0 Å². The van der Waals surface area contributed by atoms with Gasteiger partial charge in [0, 0.05) is 11.1 Å². The number of rotatable bonds is 5. The van der Waals surface area contributed by atoms with Gasteiger partial charge < -0.3 is 15.2 Å². The summed E-state index contributed by atoms with van der Waals surface area (Å²) in [4.78, 5) is 21.7. The van der Waals surface area contributed by atoms with Crippen LogP contribution in [0.4, 0.5) is 11.4 Å². The summed E-state index contributed by atoms with van der Waals surface area (Å²) in [6, 6.07) is 9.90. The molecule has 2 aromatic rings. The topological polar surface area (TPSA) is 114 Å². The number of ether oxygens (including phenoxy) is 1. The number of aromatic hydroxyl groups is 1. The number of non-ortho nitro benzene ring substituents is 1. The minimum absolute atomic E-state index is 0.0890. The monoisotopic (exact) mass is 381 g/mol. The Morgan fingerprint density at radius 1 is 1.28 bits per heavy atom. The van der Waals surface area contributed by atoms with Crippen LogP contribution < -0.4 is 15.4 Å². The molecule has 0 saturated heterocycles. The molecule has 130 valence electrons. The van der Waals surface area contributed by atoms with Crippen molar-refractivity contribution in [2.24, 2.45) is 0 Å². The van der Waals surface area contributed by atoms with Crippen molar-refractivity contribution >= 4 is 46.2 Å². The van der Waals surface area contributed by atoms with Crippen molar-refractivity contribution in [3.05, 3.63) is 57.6 Å². The van der Waals surface area contributed by atoms with E-state index in [4.69, 9.17) is 28.6 Å². The molecule has 25 heavy (non-hydrogen) atoms. The number of nitrogens with zero attached hydrogens (tertiary/aromatic N) is 1. The molecule has 3 N–H and O–H groups in total. The average Bonchev–Trinajstić information content (AvgIpc) is 2.56. The number of benzene rings is 2. The number of amides is 1. The summed E-state index contributed by atoms with van der Waals surface area (Å²) >= 11 is 10.7. The molecule has 0 aliphatic heterocycles. The first-order chi connectivity index (χ1) is 11.8. The van der Waals surface area contributed by atoms with E-state index in [2.05, 4.69) is 10.6 Å². The lowest BCUT2D eigenvalue weighted by molar-refractivity contribution is -0.384. The quantitative estimate of drug-likeness (QED) is 0.316. The van der Waals surface area contributed by atoms with Crippen LogP contribution in [0.1, 0.15) is 0 Å². The number of phenols is 1. The summed E-state index contributed by atoms with van der Waals surface area (Å²) in [5, 5.41) is 25.7. The summed E-state index contributed by atoms with van der Waals surface area (Å²) in [6.45, 7) is -0.282. The number of phenolic OH excluding ortho intramolecular Hbond substituents is 1. The smallest absolute Gasteiger partial charge is 0.273 e. The highest BCUT2D eigenvalue weighted by Gasteiger charge is 2.12. The Morgan fingerprint density at radius 3 is 2.56 bits per heavy atom. The molecule has 0 heterocycles. The van der Waals surface area contributed by atoms with Gasteiger partial charge in [-0.05, 0) is 42.5 Å². The first-order valence-electron chi connectivity index (χ1n) is 6.82. The molecule has 0 fully saturated rings. The Hall–Kier alpha value is -2.91. The van der Waals surface area contributed by atoms with E-state index in [1.165, 1.54) is 12.1 Å². The van der Waals surface area contributed by atoms with Crippen molar-refractivity contribution < 1.29 is 19.6 Å². The fraction of sp³-hybridized carbons (Fsp3) is 0.0667. The summed E-state index contributed by atoms with van der Waals surface area (Å²) in [6.07, 6.45) is 0. The zero-order valence-electron chi connectivity index (χ0n) is 12.6. The van der Waals surface area contributed by atoms with Gasteiger partial charge in [-0.1, -0.05) is 11.6 Å². The van der Waals surface area contributed by atoms with Gasteiger partial charge in [0.25, 0.3) is 11.6 Å². The second-order valence-corrected chi connectivity index (χ2v) is 5.55. The molecule has 2 rings (SSSR count). The molecule has 0 atom stereocenters. The predicted octanol–water partition coefficient (Wildman–Crippen LogP) is 2.85. The third-order valence-corrected chi connectivity index (χ3v) is 3.33. The van der Waals surface area contributed by atoms with E-state index in [1.54, 1.807) is 24.3 Å². The first-order valence-corrected chi connectivity index (χ1v) is 7.60. The number of thiocarbonyl (C=S) groups is 1. The standard InChI is InChI=1S/C15H12ClN3O5S/c16-9-1-4-11(5-2-9)24-8-14(21)18-15(25)17-12-6-3-10(19(22)23)7-13(12)20/h1-7,20H,8H2,(H2,17,18,21,25). The molecule has 0 aliphatic rings. The molecule has 0 spiro atoms. The van der Waals surface area contributed by atoms with Crippen LogP contribution in [0.5, 0.6) is 11.5 Å². The minimum Gasteiger partial charge on any atom is -0.506 e. The normalized spacial score (nSPS) is 9.96. The Morgan fingerprint density at radius 2 is 1.96 bits per heavy atom. The summed E-state index contributed by atoms with van der Waals surface area (Å²) in [5.41, 5.74) is -0.149. The van der Waals surface area contributed by atoms with Gasteiger partial charge in [-0.15, -0.1) is 0 Å². The number of nitro groups is 1. The number of carbonyl (C=O) groups excluding carboxylic acids is 1. The predicted molar refractivity (Wildman–Crippen MR) is 96.1 cm³/mol. The molecule has 0 saturated carbocycles. The van der Waals surface area contributed by atoms with Crippen molar-refractivity contribution in [3.63, 3.8) is 0 Å². The fourth-order valence-corrected chi connectivity index (χ4v) is 2.09. The van der Waals surface area contributed by atoms with E-state index < -0.39 is 10.8 Å². The van der Waals surface area contributed by atoms with Crippen LogP contribution >= 0.6 is 23.8 Å². The van der Waals surface area contributed by atoms with Crippen LogP contribution in [-0.2, 0) is 4.79 Å². The molecule has 8 nitrogen and oxygen atoms in total. The second kappa shape index (κ2) is 8.27. The largest absolute Gasteiger partial charge is 0.506 e. The first kappa shape index (κ1) is 18.4. The average molecular weight is 382 g/mol. The van der Waals surface area contributed by atoms with E-state index in [1.807, 2.05) is 0 Å². The third kappa shape index (κ3) is 5.59. The second-order valence-electron chi connectivity index (χ2n) is 4.70. The number of nitro benzene ring substituents is 1. The molecule has 1 amide bonds. The van der Waals surface area contributed by atoms with E-state index in [9.17, 15) is 20.0 Å². The lowest BCUT2D eigenvalue weighted by atomic mass is 10.2. The highest BCUT2D eigenvalue weighted by atomic mass is 35.5. The number of hydrogen-bond donors (Lipinski definition) is 3. The molecular formula is C15H12ClN3O5S. The van der Waals surface area contributed by atoms with Crippen molar-refractivity contribution in [1.29, 1.82) is 0 Å². The molecular weight excluding hydrogens is 370 g/mol. The summed E-state index contributed by atoms with van der Waals surface area (Å²) in [5.74, 6) is -0.427. The molecule has 2 aromatic carbocycles. The summed E-state index contributed by atoms with van der Waals surface area (Å²) in [7, 11) is 0. The van der Waals surface area contributed by atoms with Gasteiger partial charge in [-0.2, -0.15) is 0 Å². The number of carbonyl (C=O) groups is 1. The lowest BCUT2D eigenvalue weighted by Crippen LogP contribution is -2.37. The van der Waals surface area contributed by atoms with Gasteiger partial charge in [0.05, 0.1) is 16.7 Å². The number of hydrogen-bond acceptors (Lipinski definition) is 6. The number of nitrogens with one attached hydrogen (secondary N) is 2. The maximum atomic E-state index is 11.8. The number of halogens is 1. The van der Waals surface area contributed by atoms with Gasteiger partial charge in [-0.25, -0.2) is 0 Å². The minimum atomic E-state index is -0.641. The Labute approximate surface area is 152 Å². The van der Waals surface area contributed by atoms with Crippen LogP contribution in [0, 0.1) is 10.1 Å². The Kier molecular flexibility index (Phi) is 6.09. The maximum absolute atomic E-state index is 11.8. The fourth-order valence-electron chi connectivity index (χ4n) is 1.74. The molecule has 0 aromatic heterocycles. The zero-order valence-corrected chi connectivity index (χ0v) is 14.1. The summed E-state index contributed by atoms with van der Waals surface area (Å²) < 4.78 is 5.26. The lowest BCUT2D eigenvalue weighted by Gasteiger charge is -2.11. The molecule has 0 radical (unpaired) electrons. The SMILES string of the molecule is O=C(COc1ccc(Cl)cc1)NC(=S)Nc1ccc([N+](=O)[O-])cc1O. The van der Waals surface area contributed by atoms with Gasteiger partial charge in [0.2, 0.25) is 0 Å². The molecule has 0 unspecified atom stereocenters. The van der Waals surface area contributed by atoms with Crippen LogP contribution in [-0.4, -0.2) is 27.7 Å². The van der Waals surface area contributed by atoms with Crippen LogP contribution in [0.2, 0.25) is 5.02 Å².